The highest BCUT2D eigenvalue weighted by Gasteiger charge is 2.24. The lowest BCUT2D eigenvalue weighted by Gasteiger charge is -2.14. The number of benzene rings is 1. The molecule has 0 fully saturated rings. The average Bonchev–Trinajstić information content (AvgIpc) is 2.89. The second kappa shape index (κ2) is 6.36. The predicted octanol–water partition coefficient (Wildman–Crippen LogP) is 2.39. The second-order valence-electron chi connectivity index (χ2n) is 6.46. The van der Waals surface area contributed by atoms with Crippen LogP contribution in [-0.2, 0) is 12.8 Å². The van der Waals surface area contributed by atoms with Crippen LogP contribution in [-0.4, -0.2) is 15.9 Å². The van der Waals surface area contributed by atoms with Crippen molar-refractivity contribution in [2.75, 3.05) is 0 Å². The molecule has 5 heteroatoms. The van der Waals surface area contributed by atoms with Gasteiger partial charge < -0.3 is 10.3 Å². The van der Waals surface area contributed by atoms with Crippen LogP contribution in [0.2, 0.25) is 0 Å². The summed E-state index contributed by atoms with van der Waals surface area (Å²) in [4.78, 5) is 30.7. The molecule has 0 aliphatic heterocycles. The highest BCUT2D eigenvalue weighted by molar-refractivity contribution is 5.92. The van der Waals surface area contributed by atoms with E-state index in [1.54, 1.807) is 6.07 Å². The van der Waals surface area contributed by atoms with E-state index in [2.05, 4.69) is 35.2 Å². The van der Waals surface area contributed by atoms with Crippen molar-refractivity contribution in [2.24, 2.45) is 5.92 Å². The number of nitrogens with one attached hydrogen (secondary N) is 2. The van der Waals surface area contributed by atoms with Crippen molar-refractivity contribution in [1.29, 1.82) is 0 Å². The Kier molecular flexibility index (Phi) is 4.28. The Morgan fingerprint density at radius 2 is 2.17 bits per heavy atom. The van der Waals surface area contributed by atoms with Crippen LogP contribution >= 0.6 is 0 Å². The van der Waals surface area contributed by atoms with Crippen molar-refractivity contribution in [3.05, 3.63) is 63.3 Å². The van der Waals surface area contributed by atoms with E-state index < -0.39 is 5.69 Å². The minimum atomic E-state index is -0.472. The maximum atomic E-state index is 12.5. The van der Waals surface area contributed by atoms with E-state index >= 15 is 0 Å². The molecule has 2 N–H and O–H groups in total. The Morgan fingerprint density at radius 1 is 1.39 bits per heavy atom. The fourth-order valence-corrected chi connectivity index (χ4v) is 3.11. The van der Waals surface area contributed by atoms with Gasteiger partial charge in [-0.05, 0) is 42.4 Å². The highest BCUT2D eigenvalue weighted by atomic mass is 16.2. The molecule has 1 aromatic carbocycles. The van der Waals surface area contributed by atoms with Crippen molar-refractivity contribution in [3.8, 4) is 0 Å². The lowest BCUT2D eigenvalue weighted by molar-refractivity contribution is 0.0931. The number of aryl methyl sites for hydroxylation is 1. The van der Waals surface area contributed by atoms with Gasteiger partial charge in [-0.2, -0.15) is 4.98 Å². The highest BCUT2D eigenvalue weighted by Crippen LogP contribution is 2.30. The molecule has 1 aliphatic carbocycles. The van der Waals surface area contributed by atoms with Crippen LogP contribution in [0.1, 0.15) is 53.6 Å². The van der Waals surface area contributed by atoms with E-state index in [4.69, 9.17) is 0 Å². The summed E-state index contributed by atoms with van der Waals surface area (Å²) >= 11 is 0. The lowest BCUT2D eigenvalue weighted by Crippen LogP contribution is -2.30. The van der Waals surface area contributed by atoms with E-state index in [0.29, 0.717) is 12.3 Å². The van der Waals surface area contributed by atoms with Crippen LogP contribution in [0.15, 0.2) is 35.1 Å². The van der Waals surface area contributed by atoms with Gasteiger partial charge in [0.15, 0.2) is 0 Å². The SMILES string of the molecule is CC(C)Cc1cc(C(=O)NC2CCc3ccccc32)nc(=O)[nH]1. The van der Waals surface area contributed by atoms with E-state index in [-0.39, 0.29) is 17.6 Å². The number of carbonyl (C=O) groups is 1. The number of amides is 1. The normalized spacial score (nSPS) is 16.4. The maximum absolute atomic E-state index is 12.5. The number of carbonyl (C=O) groups excluding carboxylic acids is 1. The van der Waals surface area contributed by atoms with Crippen LogP contribution in [0.4, 0.5) is 0 Å². The fourth-order valence-electron chi connectivity index (χ4n) is 3.11. The van der Waals surface area contributed by atoms with Gasteiger partial charge in [0.1, 0.15) is 5.69 Å². The zero-order valence-corrected chi connectivity index (χ0v) is 13.4. The van der Waals surface area contributed by atoms with Crippen molar-refractivity contribution >= 4 is 5.91 Å². The number of fused-ring (bicyclic) bond motifs is 1. The van der Waals surface area contributed by atoms with Gasteiger partial charge in [0.05, 0.1) is 6.04 Å². The molecule has 1 unspecified atom stereocenters. The summed E-state index contributed by atoms with van der Waals surface area (Å²) in [6.07, 6.45) is 2.56. The standard InChI is InChI=1S/C18H21N3O2/c1-11(2)9-13-10-16(21-18(23)19-13)17(22)20-15-8-7-12-5-3-4-6-14(12)15/h3-6,10-11,15H,7-9H2,1-2H3,(H,20,22)(H,19,21,23). The van der Waals surface area contributed by atoms with Gasteiger partial charge in [-0.25, -0.2) is 4.79 Å². The molecule has 2 aromatic rings. The summed E-state index contributed by atoms with van der Waals surface area (Å²) in [5.41, 5.74) is 2.90. The molecule has 1 aliphatic rings. The number of hydrogen-bond acceptors (Lipinski definition) is 3. The first-order chi connectivity index (χ1) is 11.0. The Labute approximate surface area is 135 Å². The molecule has 1 aromatic heterocycles. The van der Waals surface area contributed by atoms with Crippen LogP contribution in [0.5, 0.6) is 0 Å². The third-order valence-electron chi connectivity index (χ3n) is 4.10. The van der Waals surface area contributed by atoms with Crippen molar-refractivity contribution < 1.29 is 4.79 Å². The first kappa shape index (κ1) is 15.5. The third kappa shape index (κ3) is 3.50. The summed E-state index contributed by atoms with van der Waals surface area (Å²) < 4.78 is 0. The fraction of sp³-hybridized carbons (Fsp3) is 0.389. The van der Waals surface area contributed by atoms with E-state index in [1.165, 1.54) is 5.56 Å². The molecule has 1 amide bonds. The molecule has 5 nitrogen and oxygen atoms in total. The van der Waals surface area contributed by atoms with E-state index in [0.717, 1.165) is 24.1 Å². The smallest absolute Gasteiger partial charge is 0.344 e. The molecule has 1 heterocycles. The largest absolute Gasteiger partial charge is 0.345 e. The number of rotatable bonds is 4. The van der Waals surface area contributed by atoms with Gasteiger partial charge in [0.2, 0.25) is 0 Å². The van der Waals surface area contributed by atoms with Gasteiger partial charge in [-0.15, -0.1) is 0 Å². The monoisotopic (exact) mass is 311 g/mol. The van der Waals surface area contributed by atoms with E-state index in [1.807, 2.05) is 18.2 Å². The minimum Gasteiger partial charge on any atom is -0.344 e. The van der Waals surface area contributed by atoms with Gasteiger partial charge in [-0.1, -0.05) is 38.1 Å². The van der Waals surface area contributed by atoms with Gasteiger partial charge in [0, 0.05) is 5.69 Å². The number of hydrogen-bond donors (Lipinski definition) is 2. The van der Waals surface area contributed by atoms with Crippen LogP contribution in [0, 0.1) is 5.92 Å². The Hall–Kier alpha value is -2.43. The van der Waals surface area contributed by atoms with Crippen molar-refractivity contribution in [2.45, 2.75) is 39.2 Å². The Bertz CT molecular complexity index is 780. The molecule has 3 rings (SSSR count). The summed E-state index contributed by atoms with van der Waals surface area (Å²) in [6, 6.07) is 9.80. The topological polar surface area (TPSA) is 74.8 Å². The molecule has 1 atom stereocenters. The first-order valence-corrected chi connectivity index (χ1v) is 8.02. The second-order valence-corrected chi connectivity index (χ2v) is 6.46. The number of aromatic nitrogens is 2. The van der Waals surface area contributed by atoms with E-state index in [9.17, 15) is 9.59 Å². The Balaban J connectivity index is 1.79. The van der Waals surface area contributed by atoms with Crippen LogP contribution in [0.25, 0.3) is 0 Å². The quantitative estimate of drug-likeness (QED) is 0.910. The first-order valence-electron chi connectivity index (χ1n) is 8.02. The van der Waals surface area contributed by atoms with Gasteiger partial charge in [0.25, 0.3) is 5.91 Å². The molecular formula is C18H21N3O2. The lowest BCUT2D eigenvalue weighted by atomic mass is 10.1. The summed E-state index contributed by atoms with van der Waals surface area (Å²) in [6.45, 7) is 4.13. The molecule has 0 spiro atoms. The van der Waals surface area contributed by atoms with Gasteiger partial charge in [-0.3, -0.25) is 4.79 Å². The predicted molar refractivity (Wildman–Crippen MR) is 88.4 cm³/mol. The van der Waals surface area contributed by atoms with Gasteiger partial charge >= 0.3 is 5.69 Å². The summed E-state index contributed by atoms with van der Waals surface area (Å²) in [5, 5.41) is 3.00. The molecule has 0 saturated heterocycles. The molecule has 0 bridgehead atoms. The maximum Gasteiger partial charge on any atom is 0.345 e. The summed E-state index contributed by atoms with van der Waals surface area (Å²) in [7, 11) is 0. The zero-order valence-electron chi connectivity index (χ0n) is 13.4. The van der Waals surface area contributed by atoms with Crippen LogP contribution < -0.4 is 11.0 Å². The van der Waals surface area contributed by atoms with Crippen LogP contribution in [0.3, 0.4) is 0 Å². The number of nitrogens with zero attached hydrogens (tertiary/aromatic N) is 1. The number of H-pyrrole nitrogens is 1. The third-order valence-corrected chi connectivity index (χ3v) is 4.10. The Morgan fingerprint density at radius 3 is 2.96 bits per heavy atom. The molecular weight excluding hydrogens is 290 g/mol. The van der Waals surface area contributed by atoms with Crippen molar-refractivity contribution in [3.63, 3.8) is 0 Å². The minimum absolute atomic E-state index is 0.00617. The summed E-state index contributed by atoms with van der Waals surface area (Å²) in [5.74, 6) is 0.105. The number of aromatic amines is 1. The van der Waals surface area contributed by atoms with Crippen molar-refractivity contribution in [1.82, 2.24) is 15.3 Å². The molecule has 0 radical (unpaired) electrons. The molecule has 0 saturated carbocycles. The molecule has 23 heavy (non-hydrogen) atoms. The average molecular weight is 311 g/mol. The zero-order chi connectivity index (χ0) is 16.4. The molecule has 120 valence electrons.